The smallest absolute Gasteiger partial charge is 0.306 e. The molecule has 1 atom stereocenters. The predicted octanol–water partition coefficient (Wildman–Crippen LogP) is 17.8. The maximum Gasteiger partial charge on any atom is 0.306 e. The summed E-state index contributed by atoms with van der Waals surface area (Å²) in [6.45, 7) is 6.42. The fourth-order valence-electron chi connectivity index (χ4n) is 7.03. The summed E-state index contributed by atoms with van der Waals surface area (Å²) < 4.78 is 16.7. The molecule has 65 heavy (non-hydrogen) atoms. The average Bonchev–Trinajstić information content (AvgIpc) is 3.30. The van der Waals surface area contributed by atoms with Gasteiger partial charge in [-0.2, -0.15) is 0 Å². The van der Waals surface area contributed by atoms with Crippen LogP contribution in [0.3, 0.4) is 0 Å². The first-order valence-electron chi connectivity index (χ1n) is 26.8. The van der Waals surface area contributed by atoms with E-state index in [1.54, 1.807) is 0 Å². The van der Waals surface area contributed by atoms with E-state index in [9.17, 15) is 14.4 Å². The lowest BCUT2D eigenvalue weighted by Gasteiger charge is -2.18. The summed E-state index contributed by atoms with van der Waals surface area (Å²) in [5, 5.41) is 0. The van der Waals surface area contributed by atoms with Crippen molar-refractivity contribution in [3.63, 3.8) is 0 Å². The number of esters is 3. The Hall–Kier alpha value is -3.67. The Morgan fingerprint density at radius 1 is 0.338 bits per heavy atom. The molecule has 370 valence electrons. The second kappa shape index (κ2) is 52.9. The molecule has 0 aliphatic rings. The maximum atomic E-state index is 12.8. The molecule has 0 bridgehead atoms. The van der Waals surface area contributed by atoms with Crippen molar-refractivity contribution < 1.29 is 28.6 Å². The Morgan fingerprint density at radius 3 is 1.11 bits per heavy atom. The molecule has 0 rings (SSSR count). The van der Waals surface area contributed by atoms with Gasteiger partial charge in [0.1, 0.15) is 13.2 Å². The highest BCUT2D eigenvalue weighted by atomic mass is 16.6. The lowest BCUT2D eigenvalue weighted by Crippen LogP contribution is -2.30. The molecule has 0 heterocycles. The van der Waals surface area contributed by atoms with E-state index in [4.69, 9.17) is 14.2 Å². The Labute approximate surface area is 400 Å². The van der Waals surface area contributed by atoms with Gasteiger partial charge in [-0.1, -0.05) is 208 Å². The van der Waals surface area contributed by atoms with Crippen molar-refractivity contribution in [1.29, 1.82) is 0 Å². The number of carbonyl (C=O) groups is 3. The lowest BCUT2D eigenvalue weighted by atomic mass is 10.1. The van der Waals surface area contributed by atoms with E-state index in [2.05, 4.69) is 118 Å². The second-order valence-corrected chi connectivity index (χ2v) is 17.4. The van der Waals surface area contributed by atoms with Crippen LogP contribution >= 0.6 is 0 Å². The second-order valence-electron chi connectivity index (χ2n) is 17.4. The summed E-state index contributed by atoms with van der Waals surface area (Å²) in [4.78, 5) is 38.0. The summed E-state index contributed by atoms with van der Waals surface area (Å²) in [5.74, 6) is -0.965. The Bertz CT molecular complexity index is 1310. The summed E-state index contributed by atoms with van der Waals surface area (Å²) in [5.41, 5.74) is 0. The first-order chi connectivity index (χ1) is 32.0. The van der Waals surface area contributed by atoms with Crippen LogP contribution < -0.4 is 0 Å². The zero-order valence-electron chi connectivity index (χ0n) is 42.2. The van der Waals surface area contributed by atoms with Crippen LogP contribution in [0.4, 0.5) is 0 Å². The monoisotopic (exact) mass is 903 g/mol. The van der Waals surface area contributed by atoms with E-state index in [0.717, 1.165) is 135 Å². The predicted molar refractivity (Wildman–Crippen MR) is 279 cm³/mol. The lowest BCUT2D eigenvalue weighted by molar-refractivity contribution is -0.167. The van der Waals surface area contributed by atoms with Crippen LogP contribution in [0.2, 0.25) is 0 Å². The molecule has 0 aromatic carbocycles. The zero-order chi connectivity index (χ0) is 47.2. The van der Waals surface area contributed by atoms with Crippen LogP contribution in [-0.4, -0.2) is 37.2 Å². The van der Waals surface area contributed by atoms with Gasteiger partial charge in [-0.05, 0) is 109 Å². The van der Waals surface area contributed by atoms with Crippen LogP contribution in [0.5, 0.6) is 0 Å². The molecular weight excluding hydrogens is 805 g/mol. The molecule has 0 aliphatic carbocycles. The Kier molecular flexibility index (Phi) is 50.0. The number of allylic oxidation sites excluding steroid dienone is 16. The number of carbonyl (C=O) groups excluding carboxylic acids is 3. The van der Waals surface area contributed by atoms with Crippen LogP contribution in [0.25, 0.3) is 0 Å². The molecule has 0 amide bonds. The average molecular weight is 903 g/mol. The van der Waals surface area contributed by atoms with E-state index >= 15 is 0 Å². The number of hydrogen-bond donors (Lipinski definition) is 0. The van der Waals surface area contributed by atoms with Crippen LogP contribution in [0.1, 0.15) is 239 Å². The van der Waals surface area contributed by atoms with Crippen molar-refractivity contribution >= 4 is 17.9 Å². The molecule has 6 nitrogen and oxygen atoms in total. The number of hydrogen-bond acceptors (Lipinski definition) is 6. The first-order valence-corrected chi connectivity index (χ1v) is 26.8. The van der Waals surface area contributed by atoms with Gasteiger partial charge in [-0.15, -0.1) is 0 Å². The quantitative estimate of drug-likeness (QED) is 0.0199. The molecule has 0 saturated carbocycles. The Morgan fingerprint density at radius 2 is 0.662 bits per heavy atom. The van der Waals surface area contributed by atoms with E-state index in [-0.39, 0.29) is 31.1 Å². The van der Waals surface area contributed by atoms with Gasteiger partial charge in [-0.25, -0.2) is 0 Å². The minimum Gasteiger partial charge on any atom is -0.462 e. The van der Waals surface area contributed by atoms with Gasteiger partial charge in [0.15, 0.2) is 6.10 Å². The molecule has 0 N–H and O–H groups in total. The number of rotatable bonds is 47. The SMILES string of the molecule is CC/C=C\C/C=C\C/C=C\C/C=C\C/C=C\CCCCCC(=O)OCC(COC(=O)CCCCCC/C=C\CCCC)OC(=O)CCCCCCC/C=C\C=C/CCCCCCCCC. The van der Waals surface area contributed by atoms with Gasteiger partial charge in [0.05, 0.1) is 0 Å². The van der Waals surface area contributed by atoms with E-state index < -0.39 is 6.10 Å². The molecule has 1 unspecified atom stereocenters. The summed E-state index contributed by atoms with van der Waals surface area (Å²) in [6.07, 6.45) is 69.7. The van der Waals surface area contributed by atoms with Crippen molar-refractivity contribution in [2.45, 2.75) is 245 Å². The summed E-state index contributed by atoms with van der Waals surface area (Å²) >= 11 is 0. The normalized spacial score (nSPS) is 12.8. The van der Waals surface area contributed by atoms with Crippen molar-refractivity contribution in [3.8, 4) is 0 Å². The molecule has 0 aromatic rings. The third-order valence-corrected chi connectivity index (χ3v) is 11.1. The van der Waals surface area contributed by atoms with Crippen molar-refractivity contribution in [3.05, 3.63) is 97.2 Å². The number of unbranched alkanes of at least 4 members (excludes halogenated alkanes) is 21. The van der Waals surface area contributed by atoms with Gasteiger partial charge in [-0.3, -0.25) is 14.4 Å². The number of ether oxygens (including phenoxy) is 3. The topological polar surface area (TPSA) is 78.9 Å². The van der Waals surface area contributed by atoms with Crippen molar-refractivity contribution in [2.75, 3.05) is 13.2 Å². The minimum atomic E-state index is -0.804. The minimum absolute atomic E-state index is 0.102. The largest absolute Gasteiger partial charge is 0.462 e. The third-order valence-electron chi connectivity index (χ3n) is 11.1. The van der Waals surface area contributed by atoms with Crippen LogP contribution in [-0.2, 0) is 28.6 Å². The first kappa shape index (κ1) is 61.3. The molecule has 0 saturated heterocycles. The molecule has 0 aromatic heterocycles. The van der Waals surface area contributed by atoms with E-state index in [1.807, 2.05) is 0 Å². The molecule has 0 radical (unpaired) electrons. The van der Waals surface area contributed by atoms with Crippen molar-refractivity contribution in [1.82, 2.24) is 0 Å². The van der Waals surface area contributed by atoms with Gasteiger partial charge in [0, 0.05) is 19.3 Å². The molecule has 0 fully saturated rings. The summed E-state index contributed by atoms with van der Waals surface area (Å²) in [6, 6.07) is 0. The zero-order valence-corrected chi connectivity index (χ0v) is 42.2. The van der Waals surface area contributed by atoms with E-state index in [1.165, 1.54) is 64.2 Å². The maximum absolute atomic E-state index is 12.8. The highest BCUT2D eigenvalue weighted by molar-refractivity contribution is 5.71. The Balaban J connectivity index is 4.45. The van der Waals surface area contributed by atoms with Crippen molar-refractivity contribution in [2.24, 2.45) is 0 Å². The summed E-state index contributed by atoms with van der Waals surface area (Å²) in [7, 11) is 0. The fourth-order valence-corrected chi connectivity index (χ4v) is 7.03. The fraction of sp³-hybridized carbons (Fsp3) is 0.678. The van der Waals surface area contributed by atoms with Gasteiger partial charge >= 0.3 is 17.9 Å². The van der Waals surface area contributed by atoms with Gasteiger partial charge in [0.25, 0.3) is 0 Å². The standard InChI is InChI=1S/C59H98O6/c1-4-7-10-13-16-19-22-24-26-28-30-32-33-35-37-40-43-46-49-52-58(61)64-55-56(54-63-57(60)51-48-45-42-39-21-18-15-12-9-6-3)65-59(62)53-50-47-44-41-38-36-34-31-29-27-25-23-20-17-14-11-8-5-2/h7,10,15-16,18-19,24,26-27,29-32,34-35,37,56H,4-6,8-9,11-14,17,20-23,25,28,33,36,38-55H2,1-3H3/b10-7-,18-15-,19-16-,26-24-,29-27-,32-30-,34-31-,37-35-. The van der Waals surface area contributed by atoms with Crippen LogP contribution in [0, 0.1) is 0 Å². The third kappa shape index (κ3) is 51.2. The highest BCUT2D eigenvalue weighted by Crippen LogP contribution is 2.13. The van der Waals surface area contributed by atoms with Gasteiger partial charge < -0.3 is 14.2 Å². The van der Waals surface area contributed by atoms with Crippen LogP contribution in [0.15, 0.2) is 97.2 Å². The molecular formula is C59H98O6. The highest BCUT2D eigenvalue weighted by Gasteiger charge is 2.19. The van der Waals surface area contributed by atoms with Gasteiger partial charge in [0.2, 0.25) is 0 Å². The molecule has 0 aliphatic heterocycles. The van der Waals surface area contributed by atoms with E-state index in [0.29, 0.717) is 19.3 Å². The molecule has 6 heteroatoms. The molecule has 0 spiro atoms.